The van der Waals surface area contributed by atoms with Crippen molar-refractivity contribution >= 4 is 33.4 Å². The summed E-state index contributed by atoms with van der Waals surface area (Å²) in [7, 11) is 0. The number of carbonyl (C=O) groups is 2. The van der Waals surface area contributed by atoms with Gasteiger partial charge in [-0.15, -0.1) is 11.3 Å². The molecule has 0 aromatic carbocycles. The molecule has 2 aliphatic rings. The van der Waals surface area contributed by atoms with Crippen LogP contribution < -0.4 is 0 Å². The number of fused-ring (bicyclic) bond motifs is 1. The predicted octanol–water partition coefficient (Wildman–Crippen LogP) is 2.01. The molecule has 2 amide bonds. The second-order valence-corrected chi connectivity index (χ2v) is 8.62. The number of ether oxygens (including phenoxy) is 2. The molecule has 10 heteroatoms. The molecular weight excluding hydrogens is 418 g/mol. The maximum atomic E-state index is 13.4. The van der Waals surface area contributed by atoms with Gasteiger partial charge in [0.1, 0.15) is 15.8 Å². The average molecular weight is 442 g/mol. The molecular formula is C21H23N5O4S. The molecule has 0 aliphatic carbocycles. The number of hydrogen-bond acceptors (Lipinski definition) is 7. The first-order valence-electron chi connectivity index (χ1n) is 10.3. The van der Waals surface area contributed by atoms with Gasteiger partial charge in [0.05, 0.1) is 38.1 Å². The smallest absolute Gasteiger partial charge is 0.264 e. The summed E-state index contributed by atoms with van der Waals surface area (Å²) in [5, 5.41) is 7.69. The largest absolute Gasteiger partial charge is 0.378 e. The number of thiophene rings is 1. The van der Waals surface area contributed by atoms with E-state index in [1.807, 2.05) is 24.0 Å². The molecule has 162 valence electrons. The van der Waals surface area contributed by atoms with Gasteiger partial charge in [-0.1, -0.05) is 6.07 Å². The molecule has 31 heavy (non-hydrogen) atoms. The zero-order valence-electron chi connectivity index (χ0n) is 17.2. The van der Waals surface area contributed by atoms with Crippen molar-refractivity contribution in [3.63, 3.8) is 0 Å². The number of aromatic nitrogens is 3. The van der Waals surface area contributed by atoms with Crippen LogP contribution in [0, 0.1) is 6.92 Å². The van der Waals surface area contributed by atoms with Crippen molar-refractivity contribution in [1.82, 2.24) is 25.0 Å². The fraction of sp³-hybridized carbons (Fsp3) is 0.429. The third kappa shape index (κ3) is 3.71. The van der Waals surface area contributed by atoms with Crippen molar-refractivity contribution in [2.45, 2.75) is 13.0 Å². The van der Waals surface area contributed by atoms with E-state index in [0.717, 1.165) is 21.5 Å². The van der Waals surface area contributed by atoms with Gasteiger partial charge in [-0.25, -0.2) is 4.98 Å². The first-order chi connectivity index (χ1) is 15.1. The van der Waals surface area contributed by atoms with E-state index in [2.05, 4.69) is 15.2 Å². The molecule has 3 aromatic heterocycles. The van der Waals surface area contributed by atoms with E-state index in [1.54, 1.807) is 17.3 Å². The highest BCUT2D eigenvalue weighted by Crippen LogP contribution is 2.38. The minimum absolute atomic E-state index is 0.0287. The van der Waals surface area contributed by atoms with Gasteiger partial charge in [-0.3, -0.25) is 14.7 Å². The Hall–Kier alpha value is -2.82. The Balaban J connectivity index is 1.49. The second-order valence-electron chi connectivity index (χ2n) is 7.62. The Morgan fingerprint density at radius 3 is 2.74 bits per heavy atom. The molecule has 5 rings (SSSR count). The van der Waals surface area contributed by atoms with Crippen LogP contribution in [0.3, 0.4) is 0 Å². The van der Waals surface area contributed by atoms with E-state index in [9.17, 15) is 9.59 Å². The van der Waals surface area contributed by atoms with Crippen LogP contribution in [0.4, 0.5) is 0 Å². The van der Waals surface area contributed by atoms with Gasteiger partial charge in [-0.05, 0) is 13.0 Å². The number of carbonyl (C=O) groups excluding carboxylic acids is 2. The average Bonchev–Trinajstić information content (AvgIpc) is 3.42. The number of H-pyrrole nitrogens is 1. The maximum absolute atomic E-state index is 13.4. The quantitative estimate of drug-likeness (QED) is 0.667. The zero-order chi connectivity index (χ0) is 21.4. The lowest BCUT2D eigenvalue weighted by Crippen LogP contribution is -2.43. The number of rotatable bonds is 3. The van der Waals surface area contributed by atoms with E-state index in [1.165, 1.54) is 11.3 Å². The molecule has 5 heterocycles. The molecule has 2 fully saturated rings. The molecule has 2 aliphatic heterocycles. The van der Waals surface area contributed by atoms with Crippen LogP contribution in [0.2, 0.25) is 0 Å². The van der Waals surface area contributed by atoms with Gasteiger partial charge < -0.3 is 19.3 Å². The van der Waals surface area contributed by atoms with Crippen molar-refractivity contribution in [3.8, 4) is 0 Å². The number of nitrogens with zero attached hydrogens (tertiary/aromatic N) is 4. The highest BCUT2D eigenvalue weighted by molar-refractivity contribution is 7.20. The van der Waals surface area contributed by atoms with E-state index in [-0.39, 0.29) is 11.8 Å². The molecule has 1 unspecified atom stereocenters. The Bertz CT molecular complexity index is 1120. The summed E-state index contributed by atoms with van der Waals surface area (Å²) in [5.74, 6) is -0.114. The highest BCUT2D eigenvalue weighted by Gasteiger charge is 2.34. The third-order valence-corrected chi connectivity index (χ3v) is 6.85. The topological polar surface area (TPSA) is 101 Å². The molecule has 0 bridgehead atoms. The summed E-state index contributed by atoms with van der Waals surface area (Å²) in [6.45, 7) is 5.30. The van der Waals surface area contributed by atoms with Gasteiger partial charge in [-0.2, -0.15) is 5.10 Å². The van der Waals surface area contributed by atoms with E-state index in [4.69, 9.17) is 9.47 Å². The van der Waals surface area contributed by atoms with Gasteiger partial charge in [0.15, 0.2) is 0 Å². The van der Waals surface area contributed by atoms with Gasteiger partial charge >= 0.3 is 0 Å². The molecule has 2 saturated heterocycles. The van der Waals surface area contributed by atoms with Crippen LogP contribution in [0.1, 0.15) is 37.4 Å². The molecule has 1 atom stereocenters. The lowest BCUT2D eigenvalue weighted by Gasteiger charge is -2.34. The Morgan fingerprint density at radius 2 is 1.97 bits per heavy atom. The van der Waals surface area contributed by atoms with Gasteiger partial charge in [0, 0.05) is 42.5 Å². The number of hydrogen-bond donors (Lipinski definition) is 1. The molecule has 3 aromatic rings. The Kier molecular flexibility index (Phi) is 5.43. The van der Waals surface area contributed by atoms with E-state index >= 15 is 0 Å². The molecule has 0 spiro atoms. The van der Waals surface area contributed by atoms with Crippen LogP contribution in [0.15, 0.2) is 24.5 Å². The van der Waals surface area contributed by atoms with Gasteiger partial charge in [0.2, 0.25) is 0 Å². The van der Waals surface area contributed by atoms with Crippen molar-refractivity contribution in [3.05, 3.63) is 46.2 Å². The lowest BCUT2D eigenvalue weighted by molar-refractivity contribution is -0.0225. The number of morpholine rings is 2. The number of pyridine rings is 1. The molecule has 9 nitrogen and oxygen atoms in total. The van der Waals surface area contributed by atoms with Gasteiger partial charge in [0.25, 0.3) is 11.8 Å². The van der Waals surface area contributed by atoms with Crippen LogP contribution in [0.5, 0.6) is 0 Å². The minimum Gasteiger partial charge on any atom is -0.378 e. The summed E-state index contributed by atoms with van der Waals surface area (Å²) in [5.41, 5.74) is 2.12. The SMILES string of the molecule is Cc1[nH]ncc1C(=O)N1CCOC(c2c(C(=O)N3CCOCC3)sc3ncccc23)C1. The van der Waals surface area contributed by atoms with Crippen LogP contribution >= 0.6 is 11.3 Å². The Morgan fingerprint density at radius 1 is 1.16 bits per heavy atom. The summed E-state index contributed by atoms with van der Waals surface area (Å²) < 4.78 is 11.5. The van der Waals surface area contributed by atoms with Crippen LogP contribution in [-0.2, 0) is 9.47 Å². The first-order valence-corrected chi connectivity index (χ1v) is 11.1. The minimum atomic E-state index is -0.400. The number of nitrogens with one attached hydrogen (secondary N) is 1. The fourth-order valence-electron chi connectivity index (χ4n) is 4.08. The molecule has 0 radical (unpaired) electrons. The third-order valence-electron chi connectivity index (χ3n) is 5.73. The maximum Gasteiger partial charge on any atom is 0.264 e. The van der Waals surface area contributed by atoms with Crippen molar-refractivity contribution in [2.24, 2.45) is 0 Å². The second kappa shape index (κ2) is 8.37. The first kappa shape index (κ1) is 20.1. The highest BCUT2D eigenvalue weighted by atomic mass is 32.1. The standard InChI is InChI=1S/C21H23N5O4S/c1-13-15(11-23-24-13)20(27)26-7-10-30-16(12-26)17-14-3-2-4-22-19(14)31-18(17)21(28)25-5-8-29-9-6-25/h2-4,11,16H,5-10,12H2,1H3,(H,23,24). The van der Waals surface area contributed by atoms with Crippen LogP contribution in [-0.4, -0.2) is 82.8 Å². The Labute approximate surface area is 182 Å². The lowest BCUT2D eigenvalue weighted by atomic mass is 10.0. The summed E-state index contributed by atoms with van der Waals surface area (Å²) in [4.78, 5) is 35.9. The summed E-state index contributed by atoms with van der Waals surface area (Å²) in [6.07, 6.45) is 2.88. The van der Waals surface area contributed by atoms with Crippen LogP contribution in [0.25, 0.3) is 10.2 Å². The molecule has 0 saturated carbocycles. The number of aryl methyl sites for hydroxylation is 1. The van der Waals surface area contributed by atoms with E-state index < -0.39 is 6.10 Å². The fourth-order valence-corrected chi connectivity index (χ4v) is 5.25. The molecule has 1 N–H and O–H groups in total. The zero-order valence-corrected chi connectivity index (χ0v) is 18.0. The normalized spacial score (nSPS) is 19.7. The van der Waals surface area contributed by atoms with Crippen molar-refractivity contribution in [2.75, 3.05) is 46.0 Å². The summed E-state index contributed by atoms with van der Waals surface area (Å²) >= 11 is 1.39. The number of aromatic amines is 1. The monoisotopic (exact) mass is 441 g/mol. The number of amides is 2. The van der Waals surface area contributed by atoms with Crippen molar-refractivity contribution < 1.29 is 19.1 Å². The van der Waals surface area contributed by atoms with E-state index in [0.29, 0.717) is 56.4 Å². The predicted molar refractivity (Wildman–Crippen MR) is 114 cm³/mol. The van der Waals surface area contributed by atoms with Crippen molar-refractivity contribution in [1.29, 1.82) is 0 Å². The summed E-state index contributed by atoms with van der Waals surface area (Å²) in [6, 6.07) is 3.83.